The summed E-state index contributed by atoms with van der Waals surface area (Å²) in [5.74, 6) is 0.984. The first-order chi connectivity index (χ1) is 10.8. The Labute approximate surface area is 130 Å². The van der Waals surface area contributed by atoms with Crippen molar-refractivity contribution in [1.29, 1.82) is 0 Å². The molecule has 1 aliphatic heterocycles. The fraction of sp³-hybridized carbons (Fsp3) is 0.353. The van der Waals surface area contributed by atoms with Gasteiger partial charge in [-0.1, -0.05) is 37.3 Å². The smallest absolute Gasteiger partial charge is 0.230 e. The van der Waals surface area contributed by atoms with Crippen LogP contribution in [-0.2, 0) is 4.79 Å². The van der Waals surface area contributed by atoms with Crippen molar-refractivity contribution in [1.82, 2.24) is 14.9 Å². The van der Waals surface area contributed by atoms with E-state index >= 15 is 0 Å². The zero-order valence-electron chi connectivity index (χ0n) is 12.6. The first-order valence-electron chi connectivity index (χ1n) is 7.64. The summed E-state index contributed by atoms with van der Waals surface area (Å²) in [6, 6.07) is 12.1. The van der Waals surface area contributed by atoms with Crippen molar-refractivity contribution >= 4 is 11.7 Å². The van der Waals surface area contributed by atoms with Crippen LogP contribution in [0.3, 0.4) is 0 Å². The Bertz CT molecular complexity index is 611. The van der Waals surface area contributed by atoms with Gasteiger partial charge in [-0.05, 0) is 18.1 Å². The summed E-state index contributed by atoms with van der Waals surface area (Å²) in [6.45, 7) is 3.52. The molecule has 1 unspecified atom stereocenters. The summed E-state index contributed by atoms with van der Waals surface area (Å²) < 4.78 is 0. The Morgan fingerprint density at radius 1 is 1.32 bits per heavy atom. The van der Waals surface area contributed by atoms with E-state index in [0.717, 1.165) is 30.9 Å². The Morgan fingerprint density at radius 3 is 2.73 bits per heavy atom. The number of benzene rings is 1. The van der Waals surface area contributed by atoms with Gasteiger partial charge in [0.15, 0.2) is 0 Å². The third kappa shape index (κ3) is 3.08. The maximum Gasteiger partial charge on any atom is 0.230 e. The average molecular weight is 296 g/mol. The largest absolute Gasteiger partial charge is 0.364 e. The number of carbonyl (C=O) groups is 1. The quantitative estimate of drug-likeness (QED) is 0.919. The number of anilines is 1. The highest BCUT2D eigenvalue weighted by Crippen LogP contribution is 2.25. The summed E-state index contributed by atoms with van der Waals surface area (Å²) >= 11 is 0. The summed E-state index contributed by atoms with van der Waals surface area (Å²) in [7, 11) is 0. The fourth-order valence-electron chi connectivity index (χ4n) is 2.79. The molecule has 5 nitrogen and oxygen atoms in total. The Balaban J connectivity index is 1.56. The molecule has 0 spiro atoms. The Hall–Kier alpha value is -2.43. The van der Waals surface area contributed by atoms with Crippen LogP contribution in [0.4, 0.5) is 5.82 Å². The molecular weight excluding hydrogens is 276 g/mol. The van der Waals surface area contributed by atoms with Gasteiger partial charge in [0.1, 0.15) is 12.1 Å². The average Bonchev–Trinajstić information content (AvgIpc) is 2.53. The van der Waals surface area contributed by atoms with E-state index in [0.29, 0.717) is 0 Å². The van der Waals surface area contributed by atoms with E-state index in [1.807, 2.05) is 41.3 Å². The molecule has 1 saturated heterocycles. The number of carbonyl (C=O) groups excluding carboxylic acids is 1. The zero-order valence-corrected chi connectivity index (χ0v) is 12.6. The van der Waals surface area contributed by atoms with Crippen LogP contribution in [0.1, 0.15) is 24.8 Å². The number of hydrogen-bond acceptors (Lipinski definition) is 4. The Morgan fingerprint density at radius 2 is 2.09 bits per heavy atom. The van der Waals surface area contributed by atoms with E-state index in [2.05, 4.69) is 22.2 Å². The molecular formula is C17H20N4O. The third-order valence-corrected chi connectivity index (χ3v) is 4.04. The van der Waals surface area contributed by atoms with Crippen LogP contribution in [0.5, 0.6) is 0 Å². The van der Waals surface area contributed by atoms with Crippen molar-refractivity contribution in [3.8, 4) is 0 Å². The maximum absolute atomic E-state index is 12.6. The second-order valence-corrected chi connectivity index (χ2v) is 5.55. The van der Waals surface area contributed by atoms with E-state index in [1.54, 1.807) is 6.20 Å². The Kier molecular flexibility index (Phi) is 4.32. The van der Waals surface area contributed by atoms with E-state index in [4.69, 9.17) is 0 Å². The summed E-state index contributed by atoms with van der Waals surface area (Å²) in [5.41, 5.74) is 1.10. The van der Waals surface area contributed by atoms with Crippen LogP contribution in [0.15, 0.2) is 48.9 Å². The topological polar surface area (TPSA) is 58.1 Å². The highest BCUT2D eigenvalue weighted by Gasteiger charge is 2.34. The molecule has 1 amide bonds. The zero-order chi connectivity index (χ0) is 15.4. The SMILES string of the molecule is CCC(C(=O)N1CC(Nc2ccncn2)C1)c1ccccc1. The minimum absolute atomic E-state index is 0.0406. The van der Waals surface area contributed by atoms with Gasteiger partial charge in [0.25, 0.3) is 0 Å². The summed E-state index contributed by atoms with van der Waals surface area (Å²) in [5, 5.41) is 3.31. The first-order valence-corrected chi connectivity index (χ1v) is 7.64. The van der Waals surface area contributed by atoms with Crippen LogP contribution in [0, 0.1) is 0 Å². The maximum atomic E-state index is 12.6. The van der Waals surface area contributed by atoms with Crippen molar-refractivity contribution in [2.45, 2.75) is 25.3 Å². The lowest BCUT2D eigenvalue weighted by molar-refractivity contribution is -0.136. The standard InChI is InChI=1S/C17H20N4O/c1-2-15(13-6-4-3-5-7-13)17(22)21-10-14(11-21)20-16-8-9-18-12-19-16/h3-9,12,14-15H,2,10-11H2,1H3,(H,18,19,20). The lowest BCUT2D eigenvalue weighted by Crippen LogP contribution is -2.58. The molecule has 2 aromatic rings. The van der Waals surface area contributed by atoms with Gasteiger partial charge in [-0.3, -0.25) is 4.79 Å². The highest BCUT2D eigenvalue weighted by molar-refractivity contribution is 5.84. The molecule has 3 rings (SSSR count). The van der Waals surface area contributed by atoms with Gasteiger partial charge < -0.3 is 10.2 Å². The monoisotopic (exact) mass is 296 g/mol. The number of nitrogens with zero attached hydrogens (tertiary/aromatic N) is 3. The highest BCUT2D eigenvalue weighted by atomic mass is 16.2. The number of aromatic nitrogens is 2. The van der Waals surface area contributed by atoms with Crippen LogP contribution in [-0.4, -0.2) is 39.9 Å². The molecule has 2 heterocycles. The summed E-state index contributed by atoms with van der Waals surface area (Å²) in [6.07, 6.45) is 4.05. The minimum Gasteiger partial charge on any atom is -0.364 e. The molecule has 5 heteroatoms. The molecule has 22 heavy (non-hydrogen) atoms. The molecule has 0 aliphatic carbocycles. The molecule has 0 radical (unpaired) electrons. The minimum atomic E-state index is -0.0406. The van der Waals surface area contributed by atoms with Gasteiger partial charge >= 0.3 is 0 Å². The molecule has 0 bridgehead atoms. The summed E-state index contributed by atoms with van der Waals surface area (Å²) in [4.78, 5) is 22.6. The molecule has 1 aromatic carbocycles. The van der Waals surface area contributed by atoms with Gasteiger partial charge in [0.05, 0.1) is 12.0 Å². The van der Waals surface area contributed by atoms with Crippen LogP contribution >= 0.6 is 0 Å². The van der Waals surface area contributed by atoms with E-state index < -0.39 is 0 Å². The molecule has 1 N–H and O–H groups in total. The molecule has 1 fully saturated rings. The van der Waals surface area contributed by atoms with Gasteiger partial charge in [0.2, 0.25) is 5.91 Å². The lowest BCUT2D eigenvalue weighted by Gasteiger charge is -2.41. The third-order valence-electron chi connectivity index (χ3n) is 4.04. The van der Waals surface area contributed by atoms with Crippen molar-refractivity contribution in [3.63, 3.8) is 0 Å². The van der Waals surface area contributed by atoms with Crippen LogP contribution in [0.25, 0.3) is 0 Å². The van der Waals surface area contributed by atoms with Gasteiger partial charge in [0, 0.05) is 19.3 Å². The van der Waals surface area contributed by atoms with E-state index in [1.165, 1.54) is 6.33 Å². The molecule has 1 aliphatic rings. The molecule has 0 saturated carbocycles. The van der Waals surface area contributed by atoms with Gasteiger partial charge in [-0.25, -0.2) is 9.97 Å². The predicted molar refractivity (Wildman–Crippen MR) is 85.5 cm³/mol. The van der Waals surface area contributed by atoms with Crippen molar-refractivity contribution in [2.75, 3.05) is 18.4 Å². The predicted octanol–water partition coefficient (Wildman–Crippen LogP) is 2.29. The second-order valence-electron chi connectivity index (χ2n) is 5.55. The van der Waals surface area contributed by atoms with Gasteiger partial charge in [-0.15, -0.1) is 0 Å². The van der Waals surface area contributed by atoms with E-state index in [9.17, 15) is 4.79 Å². The fourth-order valence-corrected chi connectivity index (χ4v) is 2.79. The number of rotatable bonds is 5. The van der Waals surface area contributed by atoms with Crippen molar-refractivity contribution < 1.29 is 4.79 Å². The van der Waals surface area contributed by atoms with E-state index in [-0.39, 0.29) is 17.9 Å². The number of amides is 1. The number of hydrogen-bond donors (Lipinski definition) is 1. The molecule has 1 atom stereocenters. The van der Waals surface area contributed by atoms with Crippen LogP contribution < -0.4 is 5.32 Å². The lowest BCUT2D eigenvalue weighted by atomic mass is 9.93. The normalized spacial score (nSPS) is 16.0. The van der Waals surface area contributed by atoms with Crippen LogP contribution in [0.2, 0.25) is 0 Å². The van der Waals surface area contributed by atoms with Crippen molar-refractivity contribution in [3.05, 3.63) is 54.5 Å². The first kappa shape index (κ1) is 14.5. The van der Waals surface area contributed by atoms with Gasteiger partial charge in [-0.2, -0.15) is 0 Å². The van der Waals surface area contributed by atoms with Crippen molar-refractivity contribution in [2.24, 2.45) is 0 Å². The molecule has 1 aromatic heterocycles. The number of likely N-dealkylation sites (tertiary alicyclic amines) is 1. The molecule has 114 valence electrons. The number of nitrogens with one attached hydrogen (secondary N) is 1. The second kappa shape index (κ2) is 6.56.